The third kappa shape index (κ3) is 5.52. The van der Waals surface area contributed by atoms with Crippen molar-refractivity contribution in [2.45, 2.75) is 25.0 Å². The number of halogens is 2. The Labute approximate surface area is 155 Å². The smallest absolute Gasteiger partial charge is 0.232 e. The first-order valence-corrected chi connectivity index (χ1v) is 8.89. The van der Waals surface area contributed by atoms with Gasteiger partial charge in [-0.2, -0.15) is 0 Å². The minimum atomic E-state index is 0. The fraction of sp³-hybridized carbons (Fsp3) is 0.625. The molecule has 4 nitrogen and oxygen atoms in total. The first kappa shape index (κ1) is 20.6. The van der Waals surface area contributed by atoms with E-state index < -0.39 is 0 Å². The summed E-state index contributed by atoms with van der Waals surface area (Å²) >= 11 is 1.67. The molecule has 0 saturated carbocycles. The number of likely N-dealkylation sites (tertiary alicyclic amines) is 1. The van der Waals surface area contributed by atoms with Crippen LogP contribution in [0.5, 0.6) is 0 Å². The molecule has 0 aromatic carbocycles. The Bertz CT molecular complexity index is 473. The summed E-state index contributed by atoms with van der Waals surface area (Å²) in [6, 6.07) is 5.92. The average molecular weight is 378 g/mol. The van der Waals surface area contributed by atoms with Crippen molar-refractivity contribution in [3.8, 4) is 0 Å². The van der Waals surface area contributed by atoms with E-state index in [1.54, 1.807) is 18.0 Å². The van der Waals surface area contributed by atoms with Gasteiger partial charge in [0.25, 0.3) is 0 Å². The van der Waals surface area contributed by atoms with Crippen LogP contribution in [-0.2, 0) is 10.5 Å². The lowest BCUT2D eigenvalue weighted by Crippen LogP contribution is -2.44. The highest BCUT2D eigenvalue weighted by Crippen LogP contribution is 2.36. The molecule has 1 amide bonds. The van der Waals surface area contributed by atoms with Crippen LogP contribution in [0.3, 0.4) is 0 Å². The van der Waals surface area contributed by atoms with Gasteiger partial charge in [-0.25, -0.2) is 0 Å². The Hall–Kier alpha value is -0.490. The molecule has 0 aliphatic carbocycles. The molecule has 0 unspecified atom stereocenters. The number of piperidine rings is 1. The van der Waals surface area contributed by atoms with Crippen LogP contribution in [0.4, 0.5) is 0 Å². The second-order valence-corrected chi connectivity index (χ2v) is 7.11. The molecule has 1 aromatic heterocycles. The number of aromatic nitrogens is 1. The quantitative estimate of drug-likeness (QED) is 0.875. The van der Waals surface area contributed by atoms with Gasteiger partial charge in [0.1, 0.15) is 0 Å². The van der Waals surface area contributed by atoms with E-state index in [2.05, 4.69) is 15.2 Å². The van der Waals surface area contributed by atoms with E-state index in [1.807, 2.05) is 18.2 Å². The number of thioether (sulfide) groups is 1. The highest BCUT2D eigenvalue weighted by molar-refractivity contribution is 7.99. The topological polar surface area (TPSA) is 45.2 Å². The maximum absolute atomic E-state index is 12.3. The zero-order valence-corrected chi connectivity index (χ0v) is 15.7. The van der Waals surface area contributed by atoms with E-state index in [0.29, 0.717) is 11.2 Å². The predicted octanol–water partition coefficient (Wildman–Crippen LogP) is 2.76. The van der Waals surface area contributed by atoms with E-state index in [-0.39, 0.29) is 30.7 Å². The van der Waals surface area contributed by atoms with Crippen LogP contribution in [0.1, 0.15) is 25.0 Å². The summed E-state index contributed by atoms with van der Waals surface area (Å²) in [5.41, 5.74) is 1.53. The molecule has 3 heterocycles. The largest absolute Gasteiger partial charge is 0.342 e. The Morgan fingerprint density at radius 1 is 1.26 bits per heavy atom. The molecular weight excluding hydrogens is 353 g/mol. The first-order valence-electron chi connectivity index (χ1n) is 7.74. The molecule has 3 rings (SSSR count). The number of amides is 1. The monoisotopic (exact) mass is 377 g/mol. The van der Waals surface area contributed by atoms with E-state index in [0.717, 1.165) is 50.5 Å². The SMILES string of the molecule is Cl.Cl.O=C(CSCc1ccccn1)N1CCC2(CCNC2)CC1. The number of hydrogen-bond donors (Lipinski definition) is 1. The summed E-state index contributed by atoms with van der Waals surface area (Å²) in [6.07, 6.45) is 5.41. The Kier molecular flexibility index (Phi) is 8.69. The lowest BCUT2D eigenvalue weighted by Gasteiger charge is -2.38. The molecule has 1 N–H and O–H groups in total. The third-order valence-corrected chi connectivity index (χ3v) is 5.66. The minimum absolute atomic E-state index is 0. The average Bonchev–Trinajstić information content (AvgIpc) is 2.97. The van der Waals surface area contributed by atoms with Gasteiger partial charge in [-0.15, -0.1) is 36.6 Å². The number of rotatable bonds is 4. The van der Waals surface area contributed by atoms with Gasteiger partial charge in [0.2, 0.25) is 5.91 Å². The van der Waals surface area contributed by atoms with Crippen molar-refractivity contribution < 1.29 is 4.79 Å². The molecule has 130 valence electrons. The standard InChI is InChI=1S/C16H23N3OS.2ClH/c20-15(12-21-11-14-3-1-2-7-18-14)19-9-5-16(6-10-19)4-8-17-13-16;;/h1-3,7,17H,4-6,8-13H2;2*1H. The minimum Gasteiger partial charge on any atom is -0.342 e. The fourth-order valence-electron chi connectivity index (χ4n) is 3.27. The zero-order valence-electron chi connectivity index (χ0n) is 13.2. The van der Waals surface area contributed by atoms with Crippen molar-refractivity contribution >= 4 is 42.5 Å². The Morgan fingerprint density at radius 2 is 2.04 bits per heavy atom. The molecular formula is C16H25Cl2N3OS. The van der Waals surface area contributed by atoms with Gasteiger partial charge in [0.15, 0.2) is 0 Å². The molecule has 0 bridgehead atoms. The van der Waals surface area contributed by atoms with E-state index in [9.17, 15) is 4.79 Å². The van der Waals surface area contributed by atoms with Crippen LogP contribution in [0.25, 0.3) is 0 Å². The highest BCUT2D eigenvalue weighted by Gasteiger charge is 2.37. The van der Waals surface area contributed by atoms with Gasteiger partial charge >= 0.3 is 0 Å². The van der Waals surface area contributed by atoms with Crippen molar-refractivity contribution in [1.29, 1.82) is 0 Å². The number of pyridine rings is 1. The molecule has 7 heteroatoms. The highest BCUT2D eigenvalue weighted by atomic mass is 35.5. The summed E-state index contributed by atoms with van der Waals surface area (Å²) < 4.78 is 0. The normalized spacial score (nSPS) is 19.0. The summed E-state index contributed by atoms with van der Waals surface area (Å²) in [4.78, 5) is 18.6. The summed E-state index contributed by atoms with van der Waals surface area (Å²) in [6.45, 7) is 4.16. The van der Waals surface area contributed by atoms with Gasteiger partial charge in [-0.1, -0.05) is 6.07 Å². The van der Waals surface area contributed by atoms with Crippen LogP contribution in [0.15, 0.2) is 24.4 Å². The maximum Gasteiger partial charge on any atom is 0.232 e. The predicted molar refractivity (Wildman–Crippen MR) is 101 cm³/mol. The van der Waals surface area contributed by atoms with E-state index in [1.165, 1.54) is 6.42 Å². The molecule has 23 heavy (non-hydrogen) atoms. The zero-order chi connectivity index (χ0) is 14.5. The molecule has 2 fully saturated rings. The number of nitrogens with zero attached hydrogens (tertiary/aromatic N) is 2. The number of nitrogens with one attached hydrogen (secondary N) is 1. The van der Waals surface area contributed by atoms with Crippen molar-refractivity contribution in [3.63, 3.8) is 0 Å². The van der Waals surface area contributed by atoms with Gasteiger partial charge in [0.05, 0.1) is 11.4 Å². The molecule has 0 radical (unpaired) electrons. The van der Waals surface area contributed by atoms with Gasteiger partial charge in [-0.3, -0.25) is 9.78 Å². The summed E-state index contributed by atoms with van der Waals surface area (Å²) in [5, 5.41) is 3.46. The molecule has 1 aromatic rings. The molecule has 2 saturated heterocycles. The Morgan fingerprint density at radius 3 is 2.65 bits per heavy atom. The van der Waals surface area contributed by atoms with Crippen LogP contribution >= 0.6 is 36.6 Å². The number of carbonyl (C=O) groups is 1. The second kappa shape index (κ2) is 9.72. The molecule has 1 spiro atoms. The van der Waals surface area contributed by atoms with Crippen LogP contribution in [0.2, 0.25) is 0 Å². The van der Waals surface area contributed by atoms with Crippen molar-refractivity contribution in [2.24, 2.45) is 5.41 Å². The van der Waals surface area contributed by atoms with Crippen LogP contribution in [-0.4, -0.2) is 47.7 Å². The van der Waals surface area contributed by atoms with E-state index >= 15 is 0 Å². The molecule has 0 atom stereocenters. The molecule has 2 aliphatic rings. The van der Waals surface area contributed by atoms with Gasteiger partial charge < -0.3 is 10.2 Å². The lowest BCUT2D eigenvalue weighted by molar-refractivity contribution is -0.130. The summed E-state index contributed by atoms with van der Waals surface area (Å²) in [7, 11) is 0. The fourth-order valence-corrected chi connectivity index (χ4v) is 4.11. The van der Waals surface area contributed by atoms with Crippen molar-refractivity contribution in [3.05, 3.63) is 30.1 Å². The van der Waals surface area contributed by atoms with Crippen LogP contribution < -0.4 is 5.32 Å². The molecule has 2 aliphatic heterocycles. The van der Waals surface area contributed by atoms with Gasteiger partial charge in [0, 0.05) is 31.6 Å². The lowest BCUT2D eigenvalue weighted by atomic mass is 9.78. The van der Waals surface area contributed by atoms with Crippen LogP contribution in [0, 0.1) is 5.41 Å². The Balaban J connectivity index is 0.00000132. The number of hydrogen-bond acceptors (Lipinski definition) is 4. The first-order chi connectivity index (χ1) is 10.3. The van der Waals surface area contributed by atoms with E-state index in [4.69, 9.17) is 0 Å². The van der Waals surface area contributed by atoms with Crippen molar-refractivity contribution in [1.82, 2.24) is 15.2 Å². The summed E-state index contributed by atoms with van der Waals surface area (Å²) in [5.74, 6) is 1.67. The second-order valence-electron chi connectivity index (χ2n) is 6.12. The van der Waals surface area contributed by atoms with Crippen molar-refractivity contribution in [2.75, 3.05) is 31.9 Å². The third-order valence-electron chi connectivity index (χ3n) is 4.71. The number of carbonyl (C=O) groups excluding carboxylic acids is 1. The van der Waals surface area contributed by atoms with Gasteiger partial charge in [-0.05, 0) is 43.4 Å². The maximum atomic E-state index is 12.3.